The van der Waals surface area contributed by atoms with Gasteiger partial charge >= 0.3 is 0 Å². The second-order valence-electron chi connectivity index (χ2n) is 13.2. The van der Waals surface area contributed by atoms with Crippen LogP contribution in [0.4, 0.5) is 0 Å². The van der Waals surface area contributed by atoms with Gasteiger partial charge in [-0.3, -0.25) is 0 Å². The molecule has 10 aromatic rings. The van der Waals surface area contributed by atoms with Gasteiger partial charge in [-0.2, -0.15) is 0 Å². The zero-order valence-corrected chi connectivity index (χ0v) is 27.9. The molecule has 0 fully saturated rings. The monoisotopic (exact) mass is 648 g/mol. The molecule has 8 aromatic carbocycles. The Kier molecular flexibility index (Phi) is 6.85. The minimum Gasteiger partial charge on any atom is -0.309 e. The van der Waals surface area contributed by atoms with Gasteiger partial charge in [0.2, 0.25) is 0 Å². The van der Waals surface area contributed by atoms with Gasteiger partial charge in [-0.15, -0.1) is 0 Å². The summed E-state index contributed by atoms with van der Waals surface area (Å²) in [7, 11) is 0. The van der Waals surface area contributed by atoms with Crippen LogP contribution in [0.5, 0.6) is 0 Å². The summed E-state index contributed by atoms with van der Waals surface area (Å²) in [6.07, 6.45) is 0. The maximum absolute atomic E-state index is 5.21. The van der Waals surface area contributed by atoms with E-state index in [-0.39, 0.29) is 0 Å². The fourth-order valence-corrected chi connectivity index (χ4v) is 7.72. The van der Waals surface area contributed by atoms with Crippen molar-refractivity contribution in [2.24, 2.45) is 0 Å². The number of rotatable bonds is 5. The van der Waals surface area contributed by atoms with Crippen molar-refractivity contribution in [2.45, 2.75) is 0 Å². The molecule has 0 bridgehead atoms. The van der Waals surface area contributed by atoms with Crippen molar-refractivity contribution in [3.8, 4) is 50.5 Å². The summed E-state index contributed by atoms with van der Waals surface area (Å²) in [4.78, 5) is 5.21. The number of aromatic nitrogens is 2. The first kappa shape index (κ1) is 29.2. The second kappa shape index (κ2) is 12.0. The summed E-state index contributed by atoms with van der Waals surface area (Å²) >= 11 is 0. The van der Waals surface area contributed by atoms with E-state index in [2.05, 4.69) is 199 Å². The van der Waals surface area contributed by atoms with E-state index in [1.54, 1.807) is 0 Å². The molecule has 51 heavy (non-hydrogen) atoms. The van der Waals surface area contributed by atoms with E-state index in [0.29, 0.717) is 0 Å². The number of hydrogen-bond donors (Lipinski definition) is 0. The Labute approximate surface area is 296 Å². The number of pyridine rings is 1. The highest BCUT2D eigenvalue weighted by Gasteiger charge is 2.18. The smallest absolute Gasteiger partial charge is 0.0715 e. The summed E-state index contributed by atoms with van der Waals surface area (Å²) in [5, 5.41) is 7.64. The molecule has 0 saturated carbocycles. The molecule has 0 unspecified atom stereocenters. The van der Waals surface area contributed by atoms with Gasteiger partial charge in [0.15, 0.2) is 0 Å². The molecule has 2 heterocycles. The van der Waals surface area contributed by atoms with E-state index >= 15 is 0 Å². The molecule has 0 spiro atoms. The average Bonchev–Trinajstić information content (AvgIpc) is 3.57. The fourth-order valence-electron chi connectivity index (χ4n) is 7.72. The topological polar surface area (TPSA) is 17.8 Å². The van der Waals surface area contributed by atoms with Gasteiger partial charge in [0.1, 0.15) is 0 Å². The quantitative estimate of drug-likeness (QED) is 0.182. The SMILES string of the molecule is c1ccc(-c2ccc(-c3cc(-c4cccc(-n5c6ccc7ccccc7c6c6c7ccccc7ccc65)c4)cc(-c4ccccc4)n3)cc2)cc1. The zero-order valence-electron chi connectivity index (χ0n) is 27.9. The van der Waals surface area contributed by atoms with Crippen LogP contribution in [-0.2, 0) is 0 Å². The lowest BCUT2D eigenvalue weighted by Crippen LogP contribution is -1.95. The number of benzene rings is 8. The predicted molar refractivity (Wildman–Crippen MR) is 215 cm³/mol. The van der Waals surface area contributed by atoms with Gasteiger partial charge < -0.3 is 4.57 Å². The Morgan fingerprint density at radius 1 is 0.314 bits per heavy atom. The van der Waals surface area contributed by atoms with Crippen molar-refractivity contribution in [2.75, 3.05) is 0 Å². The van der Waals surface area contributed by atoms with Gasteiger partial charge in [-0.1, -0.05) is 158 Å². The Balaban J connectivity index is 1.17. The lowest BCUT2D eigenvalue weighted by molar-refractivity contribution is 1.18. The van der Waals surface area contributed by atoms with Crippen LogP contribution >= 0.6 is 0 Å². The first-order valence-electron chi connectivity index (χ1n) is 17.5. The molecular weight excluding hydrogens is 617 g/mol. The molecule has 0 aliphatic heterocycles. The zero-order chi connectivity index (χ0) is 33.7. The minimum absolute atomic E-state index is 0.950. The molecule has 238 valence electrons. The summed E-state index contributed by atoms with van der Waals surface area (Å²) in [6, 6.07) is 69.7. The molecule has 2 heteroatoms. The van der Waals surface area contributed by atoms with Crippen molar-refractivity contribution in [1.29, 1.82) is 0 Å². The molecule has 0 radical (unpaired) electrons. The minimum atomic E-state index is 0.950. The average molecular weight is 649 g/mol. The Bertz CT molecular complexity index is 2790. The van der Waals surface area contributed by atoms with Crippen molar-refractivity contribution in [1.82, 2.24) is 9.55 Å². The molecule has 0 amide bonds. The fraction of sp³-hybridized carbons (Fsp3) is 0. The summed E-state index contributed by atoms with van der Waals surface area (Å²) < 4.78 is 2.44. The van der Waals surface area contributed by atoms with Gasteiger partial charge in [0.25, 0.3) is 0 Å². The molecular formula is C49H32N2. The number of hydrogen-bond acceptors (Lipinski definition) is 1. The van der Waals surface area contributed by atoms with Gasteiger partial charge in [-0.25, -0.2) is 4.98 Å². The third kappa shape index (κ3) is 5.00. The number of fused-ring (bicyclic) bond motifs is 7. The second-order valence-corrected chi connectivity index (χ2v) is 13.2. The van der Waals surface area contributed by atoms with E-state index in [1.807, 2.05) is 0 Å². The van der Waals surface area contributed by atoms with Crippen LogP contribution < -0.4 is 0 Å². The van der Waals surface area contributed by atoms with Crippen molar-refractivity contribution < 1.29 is 0 Å². The van der Waals surface area contributed by atoms with Crippen molar-refractivity contribution >= 4 is 43.4 Å². The van der Waals surface area contributed by atoms with Crippen molar-refractivity contribution in [3.63, 3.8) is 0 Å². The maximum atomic E-state index is 5.21. The Hall–Kier alpha value is -6.77. The summed E-state index contributed by atoms with van der Waals surface area (Å²) in [6.45, 7) is 0. The molecule has 10 rings (SSSR count). The third-order valence-corrected chi connectivity index (χ3v) is 10.2. The highest BCUT2D eigenvalue weighted by Crippen LogP contribution is 2.41. The largest absolute Gasteiger partial charge is 0.309 e. The van der Waals surface area contributed by atoms with Crippen LogP contribution in [0.3, 0.4) is 0 Å². The van der Waals surface area contributed by atoms with E-state index in [0.717, 1.165) is 39.3 Å². The first-order chi connectivity index (χ1) is 25.3. The standard InChI is InChI=1S/C49H32N2/c1-3-12-33(13-4-1)34-22-24-38(25-23-34)45-32-40(31-44(50-45)37-16-5-2-6-17-37)39-18-11-19-41(30-39)51-46-28-26-35-14-7-9-20-42(35)48(46)49-43-21-10-8-15-36(43)27-29-47(49)51/h1-32H. The summed E-state index contributed by atoms with van der Waals surface area (Å²) in [5.74, 6) is 0. The maximum Gasteiger partial charge on any atom is 0.0715 e. The number of nitrogens with zero attached hydrogens (tertiary/aromatic N) is 2. The van der Waals surface area contributed by atoms with Crippen LogP contribution in [0, 0.1) is 0 Å². The lowest BCUT2D eigenvalue weighted by Gasteiger charge is -2.13. The molecule has 0 saturated heterocycles. The first-order valence-corrected chi connectivity index (χ1v) is 17.5. The third-order valence-electron chi connectivity index (χ3n) is 10.2. The molecule has 0 N–H and O–H groups in total. The van der Waals surface area contributed by atoms with Gasteiger partial charge in [-0.05, 0) is 80.2 Å². The van der Waals surface area contributed by atoms with E-state index < -0.39 is 0 Å². The molecule has 2 aromatic heterocycles. The molecule has 0 aliphatic carbocycles. The normalized spacial score (nSPS) is 11.5. The Morgan fingerprint density at radius 3 is 1.39 bits per heavy atom. The van der Waals surface area contributed by atoms with E-state index in [9.17, 15) is 0 Å². The van der Waals surface area contributed by atoms with Crippen LogP contribution in [0.1, 0.15) is 0 Å². The van der Waals surface area contributed by atoms with Gasteiger partial charge in [0.05, 0.1) is 22.4 Å². The van der Waals surface area contributed by atoms with Crippen LogP contribution in [0.2, 0.25) is 0 Å². The van der Waals surface area contributed by atoms with Crippen LogP contribution in [0.25, 0.3) is 93.8 Å². The highest BCUT2D eigenvalue weighted by molar-refractivity contribution is 6.28. The molecule has 0 aliphatic rings. The summed E-state index contributed by atoms with van der Waals surface area (Å²) in [5.41, 5.74) is 12.3. The Morgan fingerprint density at radius 2 is 0.784 bits per heavy atom. The van der Waals surface area contributed by atoms with E-state index in [4.69, 9.17) is 4.98 Å². The molecule has 0 atom stereocenters. The van der Waals surface area contributed by atoms with Crippen molar-refractivity contribution in [3.05, 3.63) is 194 Å². The van der Waals surface area contributed by atoms with Gasteiger partial charge in [0, 0.05) is 27.6 Å². The lowest BCUT2D eigenvalue weighted by atomic mass is 9.98. The predicted octanol–water partition coefficient (Wildman–Crippen LogP) is 13.2. The molecule has 2 nitrogen and oxygen atoms in total. The highest BCUT2D eigenvalue weighted by atomic mass is 15.0. The van der Waals surface area contributed by atoms with Crippen LogP contribution in [0.15, 0.2) is 194 Å². The van der Waals surface area contributed by atoms with E-state index in [1.165, 1.54) is 54.5 Å². The van der Waals surface area contributed by atoms with Crippen LogP contribution in [-0.4, -0.2) is 9.55 Å².